The summed E-state index contributed by atoms with van der Waals surface area (Å²) in [5.41, 5.74) is 5.71. The van der Waals surface area contributed by atoms with Gasteiger partial charge in [0.1, 0.15) is 5.82 Å². The molecule has 0 spiro atoms. The lowest BCUT2D eigenvalue weighted by atomic mass is 10.1. The maximum Gasteiger partial charge on any atom is 0.251 e. The number of rotatable bonds is 6. The molecule has 0 aromatic heterocycles. The van der Waals surface area contributed by atoms with Crippen molar-refractivity contribution in [3.05, 3.63) is 29.6 Å². The molecule has 1 aromatic rings. The summed E-state index contributed by atoms with van der Waals surface area (Å²) < 4.78 is 13.1. The van der Waals surface area contributed by atoms with Gasteiger partial charge in [0.05, 0.1) is 5.56 Å². The Balaban J connectivity index is 2.61. The van der Waals surface area contributed by atoms with E-state index in [2.05, 4.69) is 12.2 Å². The number of unbranched alkanes of at least 4 members (excludes halogenated alkanes) is 2. The van der Waals surface area contributed by atoms with E-state index in [0.717, 1.165) is 31.5 Å². The Morgan fingerprint density at radius 1 is 1.44 bits per heavy atom. The van der Waals surface area contributed by atoms with E-state index < -0.39 is 11.7 Å². The van der Waals surface area contributed by atoms with E-state index >= 15 is 0 Å². The molecule has 0 atom stereocenters. The number of carbonyl (C=O) groups is 1. The zero-order valence-electron chi connectivity index (χ0n) is 9.42. The molecule has 0 bridgehead atoms. The number of benzene rings is 1. The fourth-order valence-electron chi connectivity index (χ4n) is 1.43. The van der Waals surface area contributed by atoms with Gasteiger partial charge in [-0.3, -0.25) is 4.79 Å². The van der Waals surface area contributed by atoms with Crippen LogP contribution in [0.3, 0.4) is 0 Å². The van der Waals surface area contributed by atoms with Gasteiger partial charge in [-0.05, 0) is 24.6 Å². The average molecular weight is 224 g/mol. The fraction of sp³-hybridized carbons (Fsp3) is 0.417. The molecule has 1 rings (SSSR count). The molecule has 0 saturated heterocycles. The Morgan fingerprint density at radius 2 is 2.19 bits per heavy atom. The predicted molar refractivity (Wildman–Crippen MR) is 62.9 cm³/mol. The van der Waals surface area contributed by atoms with Crippen molar-refractivity contribution in [2.24, 2.45) is 5.73 Å². The van der Waals surface area contributed by atoms with Crippen LogP contribution in [0.4, 0.5) is 10.1 Å². The number of nitrogens with one attached hydrogen (secondary N) is 1. The van der Waals surface area contributed by atoms with E-state index in [-0.39, 0.29) is 5.56 Å². The normalized spacial score (nSPS) is 10.1. The van der Waals surface area contributed by atoms with Gasteiger partial charge in [0.25, 0.3) is 5.91 Å². The highest BCUT2D eigenvalue weighted by Gasteiger charge is 2.08. The number of halogens is 1. The molecule has 1 amide bonds. The van der Waals surface area contributed by atoms with Crippen LogP contribution in [0.1, 0.15) is 36.5 Å². The first-order chi connectivity index (χ1) is 7.65. The SMILES string of the molecule is CCCCCNc1ccc(F)c(C(N)=O)c1. The largest absolute Gasteiger partial charge is 0.385 e. The number of hydrogen-bond donors (Lipinski definition) is 2. The Bertz CT molecular complexity index is 366. The number of hydrogen-bond acceptors (Lipinski definition) is 2. The van der Waals surface area contributed by atoms with Crippen molar-refractivity contribution in [3.8, 4) is 0 Å². The molecular weight excluding hydrogens is 207 g/mol. The number of carbonyl (C=O) groups excluding carboxylic acids is 1. The van der Waals surface area contributed by atoms with Crippen molar-refractivity contribution in [3.63, 3.8) is 0 Å². The van der Waals surface area contributed by atoms with Crippen LogP contribution in [0.5, 0.6) is 0 Å². The number of nitrogens with two attached hydrogens (primary N) is 1. The van der Waals surface area contributed by atoms with E-state index in [0.29, 0.717) is 0 Å². The van der Waals surface area contributed by atoms with Crippen LogP contribution in [-0.4, -0.2) is 12.5 Å². The summed E-state index contributed by atoms with van der Waals surface area (Å²) in [4.78, 5) is 10.9. The maximum atomic E-state index is 13.1. The van der Waals surface area contributed by atoms with Crippen molar-refractivity contribution < 1.29 is 9.18 Å². The smallest absolute Gasteiger partial charge is 0.251 e. The molecular formula is C12H17FN2O. The first-order valence-electron chi connectivity index (χ1n) is 5.48. The Hall–Kier alpha value is -1.58. The van der Waals surface area contributed by atoms with Crippen LogP contribution in [0.2, 0.25) is 0 Å². The van der Waals surface area contributed by atoms with Gasteiger partial charge in [0, 0.05) is 12.2 Å². The van der Waals surface area contributed by atoms with E-state index in [1.807, 2.05) is 0 Å². The Kier molecular flexibility index (Phi) is 4.76. The van der Waals surface area contributed by atoms with Gasteiger partial charge in [-0.15, -0.1) is 0 Å². The second-order valence-electron chi connectivity index (χ2n) is 3.69. The fourth-order valence-corrected chi connectivity index (χ4v) is 1.43. The third kappa shape index (κ3) is 3.53. The van der Waals surface area contributed by atoms with Crippen LogP contribution in [-0.2, 0) is 0 Å². The summed E-state index contributed by atoms with van der Waals surface area (Å²) in [7, 11) is 0. The summed E-state index contributed by atoms with van der Waals surface area (Å²) in [5.74, 6) is -1.32. The molecule has 1 aromatic carbocycles. The highest BCUT2D eigenvalue weighted by molar-refractivity contribution is 5.94. The van der Waals surface area contributed by atoms with Crippen molar-refractivity contribution in [1.82, 2.24) is 0 Å². The molecule has 0 radical (unpaired) electrons. The minimum atomic E-state index is -0.741. The predicted octanol–water partition coefficient (Wildman–Crippen LogP) is 2.53. The average Bonchev–Trinajstić information content (AvgIpc) is 2.26. The van der Waals surface area contributed by atoms with Crippen LogP contribution in [0, 0.1) is 5.82 Å². The molecule has 4 heteroatoms. The molecule has 0 saturated carbocycles. The van der Waals surface area contributed by atoms with E-state index in [9.17, 15) is 9.18 Å². The van der Waals surface area contributed by atoms with Gasteiger partial charge in [-0.2, -0.15) is 0 Å². The summed E-state index contributed by atoms with van der Waals surface area (Å²) in [6.45, 7) is 2.95. The van der Waals surface area contributed by atoms with Gasteiger partial charge >= 0.3 is 0 Å². The van der Waals surface area contributed by atoms with Crippen molar-refractivity contribution in [1.29, 1.82) is 0 Å². The van der Waals surface area contributed by atoms with Gasteiger partial charge in [-0.25, -0.2) is 4.39 Å². The summed E-state index contributed by atoms with van der Waals surface area (Å²) in [5, 5.41) is 3.13. The summed E-state index contributed by atoms with van der Waals surface area (Å²) >= 11 is 0. The number of primary amides is 1. The highest BCUT2D eigenvalue weighted by atomic mass is 19.1. The lowest BCUT2D eigenvalue weighted by molar-refractivity contribution is 0.0996. The standard InChI is InChI=1S/C12H17FN2O/c1-2-3-4-7-15-9-5-6-11(13)10(8-9)12(14)16/h5-6,8,15H,2-4,7H2,1H3,(H2,14,16). The molecule has 0 aliphatic carbocycles. The van der Waals surface area contributed by atoms with Crippen molar-refractivity contribution in [2.45, 2.75) is 26.2 Å². The maximum absolute atomic E-state index is 13.1. The van der Waals surface area contributed by atoms with Crippen molar-refractivity contribution in [2.75, 3.05) is 11.9 Å². The van der Waals surface area contributed by atoms with Crippen LogP contribution < -0.4 is 11.1 Å². The van der Waals surface area contributed by atoms with Gasteiger partial charge in [-0.1, -0.05) is 19.8 Å². The molecule has 0 heterocycles. The monoisotopic (exact) mass is 224 g/mol. The van der Waals surface area contributed by atoms with Gasteiger partial charge in [0.2, 0.25) is 0 Å². The third-order valence-corrected chi connectivity index (χ3v) is 2.34. The summed E-state index contributed by atoms with van der Waals surface area (Å²) in [6.07, 6.45) is 3.36. The molecule has 88 valence electrons. The molecule has 3 nitrogen and oxygen atoms in total. The first kappa shape index (κ1) is 12.5. The zero-order chi connectivity index (χ0) is 12.0. The minimum Gasteiger partial charge on any atom is -0.385 e. The third-order valence-electron chi connectivity index (χ3n) is 2.34. The Morgan fingerprint density at radius 3 is 2.81 bits per heavy atom. The quantitative estimate of drug-likeness (QED) is 0.729. The lowest BCUT2D eigenvalue weighted by Crippen LogP contribution is -2.13. The first-order valence-corrected chi connectivity index (χ1v) is 5.48. The van der Waals surface area contributed by atoms with E-state index in [4.69, 9.17) is 5.73 Å². The molecule has 3 N–H and O–H groups in total. The second-order valence-corrected chi connectivity index (χ2v) is 3.69. The molecule has 0 unspecified atom stereocenters. The molecule has 0 aliphatic rings. The van der Waals surface area contributed by atoms with Crippen molar-refractivity contribution >= 4 is 11.6 Å². The molecule has 16 heavy (non-hydrogen) atoms. The molecule has 0 aliphatic heterocycles. The topological polar surface area (TPSA) is 55.1 Å². The van der Waals surface area contributed by atoms with E-state index in [1.165, 1.54) is 12.1 Å². The van der Waals surface area contributed by atoms with E-state index in [1.54, 1.807) is 6.07 Å². The number of amides is 1. The molecule has 0 fully saturated rings. The number of anilines is 1. The lowest BCUT2D eigenvalue weighted by Gasteiger charge is -2.07. The minimum absolute atomic E-state index is 0.0690. The summed E-state index contributed by atoms with van der Waals surface area (Å²) in [6, 6.07) is 4.31. The highest BCUT2D eigenvalue weighted by Crippen LogP contribution is 2.14. The second kappa shape index (κ2) is 6.10. The Labute approximate surface area is 94.8 Å². The van der Waals surface area contributed by atoms with Crippen LogP contribution >= 0.6 is 0 Å². The van der Waals surface area contributed by atoms with Gasteiger partial charge in [0.15, 0.2) is 0 Å². The zero-order valence-corrected chi connectivity index (χ0v) is 9.42. The van der Waals surface area contributed by atoms with Crippen LogP contribution in [0.15, 0.2) is 18.2 Å². The van der Waals surface area contributed by atoms with Crippen LogP contribution in [0.25, 0.3) is 0 Å². The van der Waals surface area contributed by atoms with Gasteiger partial charge < -0.3 is 11.1 Å².